The van der Waals surface area contributed by atoms with E-state index in [2.05, 4.69) is 10.2 Å². The molecule has 3 heterocycles. The number of hydrogen-bond acceptors (Lipinski definition) is 4. The van der Waals surface area contributed by atoms with Crippen LogP contribution < -0.4 is 5.32 Å². The molecule has 3 saturated heterocycles. The van der Waals surface area contributed by atoms with Crippen molar-refractivity contribution in [3.8, 4) is 0 Å². The Balaban J connectivity index is 1.60. The maximum Gasteiger partial charge on any atom is 0.0803 e. The summed E-state index contributed by atoms with van der Waals surface area (Å²) in [7, 11) is 0. The number of morpholine rings is 1. The van der Waals surface area contributed by atoms with Gasteiger partial charge in [-0.2, -0.15) is 0 Å². The van der Waals surface area contributed by atoms with Crippen molar-refractivity contribution in [3.63, 3.8) is 0 Å². The fourth-order valence-corrected chi connectivity index (χ4v) is 3.53. The Morgan fingerprint density at radius 1 is 1.19 bits per heavy atom. The lowest BCUT2D eigenvalue weighted by molar-refractivity contribution is -0.0565. The molecule has 0 aliphatic carbocycles. The van der Waals surface area contributed by atoms with Gasteiger partial charge in [-0.3, -0.25) is 4.90 Å². The van der Waals surface area contributed by atoms with Crippen LogP contribution in [-0.2, 0) is 4.74 Å². The van der Waals surface area contributed by atoms with E-state index in [1.54, 1.807) is 0 Å². The van der Waals surface area contributed by atoms with Crippen LogP contribution in [0.1, 0.15) is 25.7 Å². The van der Waals surface area contributed by atoms with E-state index in [-0.39, 0.29) is 0 Å². The molecule has 0 saturated carbocycles. The number of ether oxygens (including phenoxy) is 1. The number of hydrogen-bond donors (Lipinski definition) is 2. The SMILES string of the molecule is O[C@]1(CN2CCOCC2)C[C@H]2CC[C@@H](C1)N2. The smallest absolute Gasteiger partial charge is 0.0803 e. The standard InChI is InChI=1S/C12H22N2O2/c15-12(9-14-3-5-16-6-4-14)7-10-1-2-11(8-12)13-10/h10-11,13,15H,1-9H2/t10-,11+,12-. The summed E-state index contributed by atoms with van der Waals surface area (Å²) >= 11 is 0. The Bertz CT molecular complexity index is 241. The number of aliphatic hydroxyl groups is 1. The monoisotopic (exact) mass is 226 g/mol. The third kappa shape index (κ3) is 2.25. The van der Waals surface area contributed by atoms with Crippen molar-refractivity contribution in [2.45, 2.75) is 43.4 Å². The average molecular weight is 226 g/mol. The number of nitrogens with zero attached hydrogens (tertiary/aromatic N) is 1. The highest BCUT2D eigenvalue weighted by atomic mass is 16.5. The molecule has 0 aromatic heterocycles. The van der Waals surface area contributed by atoms with Gasteiger partial charge in [-0.25, -0.2) is 0 Å². The summed E-state index contributed by atoms with van der Waals surface area (Å²) in [5.41, 5.74) is -0.450. The van der Waals surface area contributed by atoms with Gasteiger partial charge < -0.3 is 15.2 Å². The second kappa shape index (κ2) is 4.26. The van der Waals surface area contributed by atoms with E-state index in [9.17, 15) is 5.11 Å². The summed E-state index contributed by atoms with van der Waals surface area (Å²) in [5, 5.41) is 14.3. The van der Waals surface area contributed by atoms with Gasteiger partial charge in [0.05, 0.1) is 18.8 Å². The highest BCUT2D eigenvalue weighted by Crippen LogP contribution is 2.34. The number of piperidine rings is 1. The summed E-state index contributed by atoms with van der Waals surface area (Å²) in [6.07, 6.45) is 4.36. The molecule has 0 aromatic rings. The van der Waals surface area contributed by atoms with Crippen molar-refractivity contribution in [2.75, 3.05) is 32.8 Å². The zero-order valence-corrected chi connectivity index (χ0v) is 9.82. The predicted molar refractivity (Wildman–Crippen MR) is 61.4 cm³/mol. The topological polar surface area (TPSA) is 44.7 Å². The van der Waals surface area contributed by atoms with Crippen LogP contribution in [0.25, 0.3) is 0 Å². The molecule has 3 atom stereocenters. The van der Waals surface area contributed by atoms with Gasteiger partial charge in [0, 0.05) is 31.7 Å². The molecule has 0 radical (unpaired) electrons. The van der Waals surface area contributed by atoms with E-state index in [0.29, 0.717) is 12.1 Å². The maximum atomic E-state index is 10.7. The molecular formula is C12H22N2O2. The lowest BCUT2D eigenvalue weighted by atomic mass is 9.87. The molecule has 4 heteroatoms. The van der Waals surface area contributed by atoms with Gasteiger partial charge in [0.15, 0.2) is 0 Å². The number of rotatable bonds is 2. The van der Waals surface area contributed by atoms with E-state index in [0.717, 1.165) is 45.7 Å². The van der Waals surface area contributed by atoms with Gasteiger partial charge in [-0.15, -0.1) is 0 Å². The fraction of sp³-hybridized carbons (Fsp3) is 1.00. The molecular weight excluding hydrogens is 204 g/mol. The lowest BCUT2D eigenvalue weighted by Crippen LogP contribution is -2.55. The van der Waals surface area contributed by atoms with Crippen LogP contribution >= 0.6 is 0 Å². The first-order chi connectivity index (χ1) is 7.73. The van der Waals surface area contributed by atoms with Gasteiger partial charge in [-0.05, 0) is 25.7 Å². The predicted octanol–water partition coefficient (Wildman–Crippen LogP) is -0.0359. The van der Waals surface area contributed by atoms with Gasteiger partial charge in [0.25, 0.3) is 0 Å². The first-order valence-corrected chi connectivity index (χ1v) is 6.52. The molecule has 3 fully saturated rings. The van der Waals surface area contributed by atoms with Crippen molar-refractivity contribution >= 4 is 0 Å². The maximum absolute atomic E-state index is 10.7. The van der Waals surface area contributed by atoms with Crippen molar-refractivity contribution in [1.29, 1.82) is 0 Å². The van der Waals surface area contributed by atoms with Crippen LogP contribution in [0.2, 0.25) is 0 Å². The minimum absolute atomic E-state index is 0.450. The van der Waals surface area contributed by atoms with E-state index in [1.807, 2.05) is 0 Å². The van der Waals surface area contributed by atoms with Crippen LogP contribution in [0.4, 0.5) is 0 Å². The fourth-order valence-electron chi connectivity index (χ4n) is 3.53. The Kier molecular flexibility index (Phi) is 2.92. The number of nitrogens with one attached hydrogen (secondary N) is 1. The van der Waals surface area contributed by atoms with Crippen LogP contribution in [0.15, 0.2) is 0 Å². The molecule has 0 unspecified atom stereocenters. The molecule has 3 rings (SSSR count). The van der Waals surface area contributed by atoms with E-state index >= 15 is 0 Å². The summed E-state index contributed by atoms with van der Waals surface area (Å²) in [4.78, 5) is 2.36. The van der Waals surface area contributed by atoms with Crippen LogP contribution in [-0.4, -0.2) is 60.5 Å². The van der Waals surface area contributed by atoms with E-state index in [1.165, 1.54) is 12.8 Å². The van der Waals surface area contributed by atoms with E-state index < -0.39 is 5.60 Å². The normalized spacial score (nSPS) is 44.8. The Hall–Kier alpha value is -0.160. The van der Waals surface area contributed by atoms with Crippen LogP contribution in [0.3, 0.4) is 0 Å². The van der Waals surface area contributed by atoms with Crippen molar-refractivity contribution in [2.24, 2.45) is 0 Å². The molecule has 0 spiro atoms. The van der Waals surface area contributed by atoms with Crippen LogP contribution in [0, 0.1) is 0 Å². The highest BCUT2D eigenvalue weighted by Gasteiger charge is 2.43. The molecule has 0 amide bonds. The highest BCUT2D eigenvalue weighted by molar-refractivity contribution is 5.01. The molecule has 3 aliphatic rings. The molecule has 2 N–H and O–H groups in total. The average Bonchev–Trinajstić information content (AvgIpc) is 2.59. The summed E-state index contributed by atoms with van der Waals surface area (Å²) in [6, 6.07) is 1.12. The van der Waals surface area contributed by atoms with Crippen molar-refractivity contribution in [3.05, 3.63) is 0 Å². The Labute approximate surface area is 97.0 Å². The second-order valence-corrected chi connectivity index (χ2v) is 5.66. The second-order valence-electron chi connectivity index (χ2n) is 5.66. The molecule has 2 bridgehead atoms. The third-order valence-corrected chi connectivity index (χ3v) is 4.21. The van der Waals surface area contributed by atoms with E-state index in [4.69, 9.17) is 4.74 Å². The van der Waals surface area contributed by atoms with Gasteiger partial charge in [0.1, 0.15) is 0 Å². The molecule has 16 heavy (non-hydrogen) atoms. The molecule has 0 aromatic carbocycles. The van der Waals surface area contributed by atoms with Gasteiger partial charge >= 0.3 is 0 Å². The zero-order valence-electron chi connectivity index (χ0n) is 9.82. The van der Waals surface area contributed by atoms with Crippen molar-refractivity contribution < 1.29 is 9.84 Å². The zero-order chi connectivity index (χ0) is 11.0. The van der Waals surface area contributed by atoms with Crippen molar-refractivity contribution in [1.82, 2.24) is 10.2 Å². The van der Waals surface area contributed by atoms with Crippen LogP contribution in [0.5, 0.6) is 0 Å². The minimum atomic E-state index is -0.450. The first-order valence-electron chi connectivity index (χ1n) is 6.52. The Morgan fingerprint density at radius 3 is 2.44 bits per heavy atom. The first kappa shape index (κ1) is 11.0. The molecule has 4 nitrogen and oxygen atoms in total. The quantitative estimate of drug-likeness (QED) is 0.694. The van der Waals surface area contributed by atoms with Gasteiger partial charge in [0.2, 0.25) is 0 Å². The molecule has 3 aliphatic heterocycles. The lowest BCUT2D eigenvalue weighted by Gasteiger charge is -2.41. The Morgan fingerprint density at radius 2 is 1.81 bits per heavy atom. The third-order valence-electron chi connectivity index (χ3n) is 4.21. The van der Waals surface area contributed by atoms with Gasteiger partial charge in [-0.1, -0.05) is 0 Å². The summed E-state index contributed by atoms with van der Waals surface area (Å²) in [5.74, 6) is 0. The summed E-state index contributed by atoms with van der Waals surface area (Å²) < 4.78 is 5.34. The number of β-amino-alcohol motifs (C(OH)–C–C–N with tert-alkyl or cyclic N) is 1. The largest absolute Gasteiger partial charge is 0.388 e. The molecule has 92 valence electrons. The number of fused-ring (bicyclic) bond motifs is 2. The summed E-state index contributed by atoms with van der Waals surface area (Å²) in [6.45, 7) is 4.43. The minimum Gasteiger partial charge on any atom is -0.388 e.